The van der Waals surface area contributed by atoms with Gasteiger partial charge in [0.25, 0.3) is 0 Å². The first kappa shape index (κ1) is 20.3. The van der Waals surface area contributed by atoms with E-state index in [0.29, 0.717) is 37.3 Å². The quantitative estimate of drug-likeness (QED) is 0.482. The van der Waals surface area contributed by atoms with Crippen LogP contribution in [0, 0.1) is 17.3 Å². The summed E-state index contributed by atoms with van der Waals surface area (Å²) in [6, 6.07) is 0. The van der Waals surface area contributed by atoms with Gasteiger partial charge in [0.15, 0.2) is 11.6 Å². The van der Waals surface area contributed by atoms with Crippen molar-refractivity contribution in [3.8, 4) is 0 Å². The summed E-state index contributed by atoms with van der Waals surface area (Å²) < 4.78 is 23.0. The first-order chi connectivity index (χ1) is 13.5. The van der Waals surface area contributed by atoms with Crippen LogP contribution in [0.5, 0.6) is 0 Å². The Morgan fingerprint density at radius 3 is 2.75 bits per heavy atom. The van der Waals surface area contributed by atoms with Crippen molar-refractivity contribution >= 4 is 5.78 Å². The van der Waals surface area contributed by atoms with E-state index in [0.717, 1.165) is 50.5 Å². The van der Waals surface area contributed by atoms with E-state index in [4.69, 9.17) is 18.9 Å². The Bertz CT molecular complexity index is 647. The highest BCUT2D eigenvalue weighted by molar-refractivity contribution is 5.97. The molecule has 0 radical (unpaired) electrons. The van der Waals surface area contributed by atoms with Gasteiger partial charge in [0.1, 0.15) is 6.79 Å². The molecule has 2 saturated carbocycles. The molecule has 0 amide bonds. The second-order valence-electron chi connectivity index (χ2n) is 8.97. The van der Waals surface area contributed by atoms with Crippen molar-refractivity contribution in [3.05, 3.63) is 23.8 Å². The fraction of sp³-hybridized carbons (Fsp3) is 0.783. The lowest BCUT2D eigenvalue weighted by Gasteiger charge is -2.50. The predicted molar refractivity (Wildman–Crippen MR) is 106 cm³/mol. The number of ether oxygens (including phenoxy) is 4. The molecule has 1 spiro atoms. The number of carbonyl (C=O) groups excluding carboxylic acids is 1. The second-order valence-corrected chi connectivity index (χ2v) is 8.97. The molecule has 0 aromatic carbocycles. The third kappa shape index (κ3) is 3.20. The van der Waals surface area contributed by atoms with Crippen LogP contribution >= 0.6 is 0 Å². The summed E-state index contributed by atoms with van der Waals surface area (Å²) in [4.78, 5) is 12.8. The Balaban J connectivity index is 1.53. The molecular formula is C23H34O5. The third-order valence-corrected chi connectivity index (χ3v) is 7.82. The molecule has 0 bridgehead atoms. The van der Waals surface area contributed by atoms with E-state index >= 15 is 0 Å². The Labute approximate surface area is 168 Å². The van der Waals surface area contributed by atoms with Crippen molar-refractivity contribution in [1.82, 2.24) is 0 Å². The Morgan fingerprint density at radius 2 is 2.04 bits per heavy atom. The van der Waals surface area contributed by atoms with Gasteiger partial charge < -0.3 is 18.9 Å². The maximum atomic E-state index is 12.8. The van der Waals surface area contributed by atoms with Crippen LogP contribution in [-0.4, -0.2) is 44.8 Å². The first-order valence-electron chi connectivity index (χ1n) is 10.8. The van der Waals surface area contributed by atoms with Crippen LogP contribution in [0.1, 0.15) is 58.3 Å². The number of rotatable bonds is 7. The molecule has 5 nitrogen and oxygen atoms in total. The van der Waals surface area contributed by atoms with E-state index in [9.17, 15) is 4.79 Å². The fourth-order valence-electron chi connectivity index (χ4n) is 6.38. The molecule has 4 rings (SSSR count). The topological polar surface area (TPSA) is 54.0 Å². The van der Waals surface area contributed by atoms with Gasteiger partial charge in [-0.05, 0) is 55.9 Å². The molecular weight excluding hydrogens is 356 g/mol. The van der Waals surface area contributed by atoms with Gasteiger partial charge in [-0.2, -0.15) is 0 Å². The molecule has 3 unspecified atom stereocenters. The van der Waals surface area contributed by atoms with Crippen molar-refractivity contribution in [2.45, 2.75) is 70.2 Å². The number of Topliss-reactive ketones (excluding diaryl/α,β-unsaturated/α-hetero) is 1. The normalized spacial score (nSPS) is 35.1. The number of allylic oxidation sites excluding steroid dienone is 2. The minimum atomic E-state index is -0.382. The third-order valence-electron chi connectivity index (χ3n) is 7.82. The molecule has 156 valence electrons. The van der Waals surface area contributed by atoms with Gasteiger partial charge in [-0.3, -0.25) is 4.79 Å². The van der Waals surface area contributed by atoms with E-state index in [2.05, 4.69) is 13.5 Å². The number of hydrogen-bond acceptors (Lipinski definition) is 5. The average molecular weight is 391 g/mol. The van der Waals surface area contributed by atoms with Crippen LogP contribution < -0.4 is 0 Å². The Kier molecular flexibility index (Phi) is 5.81. The van der Waals surface area contributed by atoms with Crippen LogP contribution in [0.2, 0.25) is 0 Å². The van der Waals surface area contributed by atoms with Gasteiger partial charge in [-0.15, -0.1) is 6.58 Å². The minimum Gasteiger partial charge on any atom is -0.359 e. The molecule has 3 aliphatic carbocycles. The van der Waals surface area contributed by atoms with Gasteiger partial charge in [-0.25, -0.2) is 0 Å². The number of carbonyl (C=O) groups is 1. The molecule has 5 heteroatoms. The average Bonchev–Trinajstić information content (AvgIpc) is 3.29. The maximum absolute atomic E-state index is 12.8. The highest BCUT2D eigenvalue weighted by atomic mass is 16.7. The largest absolute Gasteiger partial charge is 0.359 e. The van der Waals surface area contributed by atoms with E-state index in [1.807, 2.05) is 6.08 Å². The van der Waals surface area contributed by atoms with Crippen molar-refractivity contribution in [1.29, 1.82) is 0 Å². The zero-order chi connectivity index (χ0) is 19.8. The van der Waals surface area contributed by atoms with Crippen LogP contribution in [0.25, 0.3) is 0 Å². The first-order valence-corrected chi connectivity index (χ1v) is 10.8. The summed E-state index contributed by atoms with van der Waals surface area (Å²) in [5, 5.41) is 0. The van der Waals surface area contributed by atoms with Gasteiger partial charge in [0, 0.05) is 25.4 Å². The van der Waals surface area contributed by atoms with Crippen LogP contribution in [0.3, 0.4) is 0 Å². The molecule has 0 aromatic heterocycles. The minimum absolute atomic E-state index is 0.0639. The van der Waals surface area contributed by atoms with Gasteiger partial charge in [0.2, 0.25) is 0 Å². The van der Waals surface area contributed by atoms with E-state index < -0.39 is 0 Å². The molecule has 4 aliphatic rings. The van der Waals surface area contributed by atoms with Crippen molar-refractivity contribution in [3.63, 3.8) is 0 Å². The molecule has 1 heterocycles. The number of ketones is 1. The summed E-state index contributed by atoms with van der Waals surface area (Å²) in [5.41, 5.74) is 2.55. The summed E-state index contributed by atoms with van der Waals surface area (Å²) in [7, 11) is 1.62. The monoisotopic (exact) mass is 390 g/mol. The SMILES string of the molecule is C=CC(CCC1=C2CC[C@]3(C)C(CCC34OCCO4)C2CCC1=O)OCOC. The summed E-state index contributed by atoms with van der Waals surface area (Å²) >= 11 is 0. The molecule has 3 fully saturated rings. The predicted octanol–water partition coefficient (Wildman–Crippen LogP) is 4.17. The molecule has 1 aliphatic heterocycles. The fourth-order valence-corrected chi connectivity index (χ4v) is 6.38. The van der Waals surface area contributed by atoms with Gasteiger partial charge in [-0.1, -0.05) is 18.6 Å². The Hall–Kier alpha value is -1.01. The smallest absolute Gasteiger partial charge is 0.174 e. The van der Waals surface area contributed by atoms with E-state index in [-0.39, 0.29) is 24.1 Å². The lowest BCUT2D eigenvalue weighted by atomic mass is 9.57. The zero-order valence-electron chi connectivity index (χ0n) is 17.3. The van der Waals surface area contributed by atoms with Gasteiger partial charge in [0.05, 0.1) is 19.3 Å². The molecule has 0 N–H and O–H groups in total. The van der Waals surface area contributed by atoms with Crippen molar-refractivity contribution in [2.75, 3.05) is 27.1 Å². The van der Waals surface area contributed by atoms with Gasteiger partial charge >= 0.3 is 0 Å². The van der Waals surface area contributed by atoms with E-state index in [1.54, 1.807) is 7.11 Å². The van der Waals surface area contributed by atoms with Crippen LogP contribution in [0.15, 0.2) is 23.8 Å². The van der Waals surface area contributed by atoms with Crippen molar-refractivity contribution < 1.29 is 23.7 Å². The number of fused-ring (bicyclic) bond motifs is 4. The lowest BCUT2D eigenvalue weighted by Crippen LogP contribution is -2.50. The maximum Gasteiger partial charge on any atom is 0.174 e. The van der Waals surface area contributed by atoms with Crippen molar-refractivity contribution in [2.24, 2.45) is 17.3 Å². The summed E-state index contributed by atoms with van der Waals surface area (Å²) in [6.07, 6.45) is 9.10. The number of methoxy groups -OCH3 is 1. The highest BCUT2D eigenvalue weighted by Gasteiger charge is 2.64. The van der Waals surface area contributed by atoms with Crippen LogP contribution in [-0.2, 0) is 23.7 Å². The molecule has 4 atom stereocenters. The van der Waals surface area contributed by atoms with E-state index in [1.165, 1.54) is 5.57 Å². The highest BCUT2D eigenvalue weighted by Crippen LogP contribution is 2.64. The second kappa shape index (κ2) is 8.02. The molecule has 0 aromatic rings. The standard InChI is InChI=1S/C23H34O5/c1-4-16(26-15-25-3)5-6-19-17-9-11-22(2)20(18(17)7-8-21(19)24)10-12-23(22)27-13-14-28-23/h4,16,18,20H,1,5-15H2,2-3H3/t16?,18?,20?,22-/m1/s1. The molecule has 1 saturated heterocycles. The lowest BCUT2D eigenvalue weighted by molar-refractivity contribution is -0.232. The zero-order valence-corrected chi connectivity index (χ0v) is 17.3. The van der Waals surface area contributed by atoms with Crippen LogP contribution in [0.4, 0.5) is 0 Å². The summed E-state index contributed by atoms with van der Waals surface area (Å²) in [6.45, 7) is 7.91. The Morgan fingerprint density at radius 1 is 1.25 bits per heavy atom. The summed E-state index contributed by atoms with van der Waals surface area (Å²) in [5.74, 6) is 1.01. The number of hydrogen-bond donors (Lipinski definition) is 0. The molecule has 28 heavy (non-hydrogen) atoms.